The number of nitrogens with zero attached hydrogens (tertiary/aromatic N) is 1. The second-order valence-electron chi connectivity index (χ2n) is 7.30. The average molecular weight is 423 g/mol. The normalized spacial score (nSPS) is 25.1. The minimum absolute atomic E-state index is 0.0735. The van der Waals surface area contributed by atoms with Crippen LogP contribution in [0, 0.1) is 0 Å². The second-order valence-corrected chi connectivity index (χ2v) is 8.96. The van der Waals surface area contributed by atoms with Crippen molar-refractivity contribution in [2.45, 2.75) is 35.8 Å². The number of carbonyl (C=O) groups is 3. The summed E-state index contributed by atoms with van der Waals surface area (Å²) in [6, 6.07) is 18.8. The van der Waals surface area contributed by atoms with Crippen molar-refractivity contribution in [3.8, 4) is 0 Å². The Morgan fingerprint density at radius 1 is 1.13 bits per heavy atom. The van der Waals surface area contributed by atoms with E-state index in [4.69, 9.17) is 9.47 Å². The molecular weight excluding hydrogens is 402 g/mol. The lowest BCUT2D eigenvalue weighted by Gasteiger charge is -2.37. The van der Waals surface area contributed by atoms with E-state index in [9.17, 15) is 14.4 Å². The highest BCUT2D eigenvalue weighted by Crippen LogP contribution is 2.52. The van der Waals surface area contributed by atoms with Crippen LogP contribution in [0.3, 0.4) is 0 Å². The lowest BCUT2D eigenvalue weighted by molar-refractivity contribution is -0.157. The molecule has 0 spiro atoms. The van der Waals surface area contributed by atoms with Crippen LogP contribution >= 0.6 is 11.8 Å². The maximum Gasteiger partial charge on any atom is 0.511 e. The maximum atomic E-state index is 12.8. The van der Waals surface area contributed by atoms with Crippen LogP contribution < -0.4 is 0 Å². The molecule has 2 saturated heterocycles. The minimum Gasteiger partial charge on any atom is -0.421 e. The van der Waals surface area contributed by atoms with Gasteiger partial charge in [0.2, 0.25) is 5.91 Å². The highest BCUT2D eigenvalue weighted by atomic mass is 32.2. The molecule has 0 aromatic heterocycles. The van der Waals surface area contributed by atoms with Crippen LogP contribution in [-0.4, -0.2) is 39.6 Å². The van der Waals surface area contributed by atoms with E-state index in [1.165, 1.54) is 17.8 Å². The molecule has 0 aliphatic carbocycles. The van der Waals surface area contributed by atoms with Gasteiger partial charge in [-0.25, -0.2) is 4.79 Å². The zero-order valence-corrected chi connectivity index (χ0v) is 17.2. The monoisotopic (exact) mass is 423 g/mol. The molecule has 3 atom stereocenters. The van der Waals surface area contributed by atoms with E-state index in [2.05, 4.69) is 0 Å². The van der Waals surface area contributed by atoms with Crippen LogP contribution in [0.4, 0.5) is 4.79 Å². The van der Waals surface area contributed by atoms with Gasteiger partial charge >= 0.3 is 6.16 Å². The van der Waals surface area contributed by atoms with Gasteiger partial charge in [-0.2, -0.15) is 0 Å². The lowest BCUT2D eigenvalue weighted by Crippen LogP contribution is -2.55. The number of β-lactam (4-membered cyclic amide) rings is 1. The van der Waals surface area contributed by atoms with Gasteiger partial charge in [0, 0.05) is 0 Å². The van der Waals surface area contributed by atoms with Gasteiger partial charge in [-0.05, 0) is 24.1 Å². The van der Waals surface area contributed by atoms with Crippen molar-refractivity contribution in [3.63, 3.8) is 0 Å². The molecule has 4 rings (SSSR count). The first-order valence-electron chi connectivity index (χ1n) is 9.61. The molecule has 2 fully saturated rings. The molecule has 0 bridgehead atoms. The molecule has 2 aliphatic rings. The highest BCUT2D eigenvalue weighted by Gasteiger charge is 2.59. The Morgan fingerprint density at radius 3 is 2.27 bits per heavy atom. The summed E-state index contributed by atoms with van der Waals surface area (Å²) in [6.07, 6.45) is 1.73. The zero-order valence-electron chi connectivity index (χ0n) is 16.3. The molecule has 2 heterocycles. The SMILES string of the molecule is C[C@@]1(/C=C/C=O)S[C@@H]2CC(=O)N2[C@H]1OC(=O)OC(c1ccccc1)c1ccccc1. The van der Waals surface area contributed by atoms with Crippen molar-refractivity contribution >= 4 is 30.1 Å². The summed E-state index contributed by atoms with van der Waals surface area (Å²) < 4.78 is 10.7. The van der Waals surface area contributed by atoms with Crippen LogP contribution in [0.2, 0.25) is 0 Å². The minimum atomic E-state index is -0.871. The van der Waals surface area contributed by atoms with Gasteiger partial charge in [0.1, 0.15) is 6.29 Å². The standard InChI is InChI=1S/C23H21NO5S/c1-23(13-8-14-25)21(24-18(26)15-19(24)30-23)29-22(27)28-20(16-9-4-2-5-10-16)17-11-6-3-7-12-17/h2-14,19-21H,15H2,1H3/b13-8+/t19-,21+,23+/m1/s1. The Labute approximate surface area is 178 Å². The van der Waals surface area contributed by atoms with E-state index in [-0.39, 0.29) is 11.3 Å². The Morgan fingerprint density at radius 2 is 1.73 bits per heavy atom. The molecule has 2 aromatic rings. The third-order valence-electron chi connectivity index (χ3n) is 5.21. The fourth-order valence-corrected chi connectivity index (χ4v) is 5.32. The molecule has 2 aromatic carbocycles. The molecule has 0 N–H and O–H groups in total. The van der Waals surface area contributed by atoms with E-state index >= 15 is 0 Å². The quantitative estimate of drug-likeness (QED) is 0.302. The number of rotatable bonds is 6. The molecule has 154 valence electrons. The maximum absolute atomic E-state index is 12.8. The summed E-state index contributed by atoms with van der Waals surface area (Å²) in [6.45, 7) is 1.84. The van der Waals surface area contributed by atoms with Gasteiger partial charge in [0.15, 0.2) is 12.3 Å². The summed E-state index contributed by atoms with van der Waals surface area (Å²) >= 11 is 1.49. The van der Waals surface area contributed by atoms with Crippen molar-refractivity contribution in [1.29, 1.82) is 0 Å². The molecule has 6 nitrogen and oxygen atoms in total. The number of allylic oxidation sites excluding steroid dienone is 1. The molecule has 2 aliphatic heterocycles. The number of carbonyl (C=O) groups excluding carboxylic acids is 3. The molecule has 0 saturated carbocycles. The van der Waals surface area contributed by atoms with Crippen LogP contribution in [-0.2, 0) is 19.1 Å². The fourth-order valence-electron chi connectivity index (χ4n) is 3.73. The largest absolute Gasteiger partial charge is 0.511 e. The van der Waals surface area contributed by atoms with Crippen molar-refractivity contribution in [2.75, 3.05) is 0 Å². The van der Waals surface area contributed by atoms with Crippen molar-refractivity contribution in [2.24, 2.45) is 0 Å². The molecule has 0 unspecified atom stereocenters. The number of thioether (sulfide) groups is 1. The van der Waals surface area contributed by atoms with Crippen LogP contribution in [0.5, 0.6) is 0 Å². The number of hydrogen-bond acceptors (Lipinski definition) is 6. The van der Waals surface area contributed by atoms with Gasteiger partial charge in [-0.1, -0.05) is 66.7 Å². The van der Waals surface area contributed by atoms with Crippen molar-refractivity contribution in [3.05, 3.63) is 83.9 Å². The van der Waals surface area contributed by atoms with Gasteiger partial charge in [-0.15, -0.1) is 11.8 Å². The number of amides is 1. The first-order valence-corrected chi connectivity index (χ1v) is 10.5. The Bertz CT molecular complexity index is 925. The second kappa shape index (κ2) is 8.36. The molecule has 0 radical (unpaired) electrons. The van der Waals surface area contributed by atoms with Crippen LogP contribution in [0.15, 0.2) is 72.8 Å². The first-order chi connectivity index (χ1) is 14.5. The third kappa shape index (κ3) is 3.85. The van der Waals surface area contributed by atoms with E-state index in [1.807, 2.05) is 67.6 Å². The molecule has 30 heavy (non-hydrogen) atoms. The molecular formula is C23H21NO5S. The van der Waals surface area contributed by atoms with Gasteiger partial charge in [0.25, 0.3) is 0 Å². The smallest absolute Gasteiger partial charge is 0.421 e. The Hall–Kier alpha value is -3.06. The zero-order chi connectivity index (χ0) is 21.1. The predicted molar refractivity (Wildman–Crippen MR) is 113 cm³/mol. The lowest BCUT2D eigenvalue weighted by atomic mass is 10.0. The summed E-state index contributed by atoms with van der Waals surface area (Å²) in [5.74, 6) is -0.0869. The highest BCUT2D eigenvalue weighted by molar-refractivity contribution is 8.01. The topological polar surface area (TPSA) is 72.9 Å². The number of fused-ring (bicyclic) bond motifs is 1. The van der Waals surface area contributed by atoms with Crippen LogP contribution in [0.25, 0.3) is 0 Å². The molecule has 7 heteroatoms. The predicted octanol–water partition coefficient (Wildman–Crippen LogP) is 4.07. The first kappa shape index (κ1) is 20.2. The summed E-state index contributed by atoms with van der Waals surface area (Å²) in [5.41, 5.74) is 1.62. The fraction of sp³-hybridized carbons (Fsp3) is 0.261. The summed E-state index contributed by atoms with van der Waals surface area (Å²) in [4.78, 5) is 37.3. The van der Waals surface area contributed by atoms with E-state index in [0.717, 1.165) is 11.1 Å². The van der Waals surface area contributed by atoms with Crippen LogP contribution in [0.1, 0.15) is 30.6 Å². The van der Waals surface area contributed by atoms with Crippen molar-refractivity contribution in [1.82, 2.24) is 4.90 Å². The average Bonchev–Trinajstić information content (AvgIpc) is 2.98. The van der Waals surface area contributed by atoms with E-state index in [1.54, 1.807) is 11.0 Å². The Balaban J connectivity index is 1.56. The Kier molecular flexibility index (Phi) is 5.63. The molecule has 1 amide bonds. The summed E-state index contributed by atoms with van der Waals surface area (Å²) in [5, 5.41) is -0.0735. The van der Waals surface area contributed by atoms with Gasteiger partial charge in [-0.3, -0.25) is 14.5 Å². The number of hydrogen-bond donors (Lipinski definition) is 0. The van der Waals surface area contributed by atoms with E-state index < -0.39 is 23.2 Å². The van der Waals surface area contributed by atoms with E-state index in [0.29, 0.717) is 12.7 Å². The third-order valence-corrected chi connectivity index (χ3v) is 6.72. The number of aldehydes is 1. The van der Waals surface area contributed by atoms with Gasteiger partial charge in [0.05, 0.1) is 16.5 Å². The van der Waals surface area contributed by atoms with Gasteiger partial charge < -0.3 is 9.47 Å². The number of benzene rings is 2. The van der Waals surface area contributed by atoms with Crippen molar-refractivity contribution < 1.29 is 23.9 Å². The summed E-state index contributed by atoms with van der Waals surface area (Å²) in [7, 11) is 0. The number of ether oxygens (including phenoxy) is 2.